The summed E-state index contributed by atoms with van der Waals surface area (Å²) in [7, 11) is 0. The average molecular weight is 1210 g/mol. The molecule has 0 radical (unpaired) electrons. The van der Waals surface area contributed by atoms with Gasteiger partial charge in [0.05, 0.1) is 16.5 Å². The average Bonchev–Trinajstić information content (AvgIpc) is 1.50. The van der Waals surface area contributed by atoms with Crippen LogP contribution in [-0.2, 0) is 21.7 Å². The van der Waals surface area contributed by atoms with Gasteiger partial charge in [0.2, 0.25) is 0 Å². The smallest absolute Gasteiger partial charge is 0.144 e. The van der Waals surface area contributed by atoms with Gasteiger partial charge in [-0.3, -0.25) is 0 Å². The fraction of sp³-hybridized carbons (Fsp3) is 0.0870. The van der Waals surface area contributed by atoms with Crippen molar-refractivity contribution in [2.75, 3.05) is 4.90 Å². The minimum atomic E-state index is -0.817. The minimum Gasteiger partial charge on any atom is -0.455 e. The van der Waals surface area contributed by atoms with Crippen molar-refractivity contribution in [3.05, 3.63) is 376 Å². The Morgan fingerprint density at radius 3 is 1.03 bits per heavy atom. The number of anilines is 3. The van der Waals surface area contributed by atoms with Crippen molar-refractivity contribution in [1.82, 2.24) is 0 Å². The summed E-state index contributed by atoms with van der Waals surface area (Å²) in [6, 6.07) is 116. The minimum absolute atomic E-state index is 0.415. The fourth-order valence-corrected chi connectivity index (χ4v) is 18.6. The second kappa shape index (κ2) is 19.5. The number of nitrogens with zero attached hydrogens (tertiary/aromatic N) is 1. The maximum absolute atomic E-state index is 7.32. The molecule has 2 heterocycles. The van der Waals surface area contributed by atoms with Crippen molar-refractivity contribution in [3.63, 3.8) is 0 Å². The zero-order chi connectivity index (χ0) is 63.1. The van der Waals surface area contributed by atoms with Crippen LogP contribution in [0.4, 0.5) is 17.1 Å². The third kappa shape index (κ3) is 6.94. The lowest BCUT2D eigenvalue weighted by atomic mass is 9.63. The van der Waals surface area contributed by atoms with E-state index in [0.717, 1.165) is 72.1 Å². The molecular weight excluding hydrogens is 1150 g/mol. The lowest BCUT2D eigenvalue weighted by Gasteiger charge is -2.39. The van der Waals surface area contributed by atoms with Crippen LogP contribution >= 0.6 is 0 Å². The first kappa shape index (κ1) is 54.1. The molecule has 3 nitrogen and oxygen atoms in total. The molecule has 16 aromatic rings. The number of fused-ring (bicyclic) bond motifs is 24. The Balaban J connectivity index is 0.936. The van der Waals surface area contributed by atoms with E-state index in [2.05, 4.69) is 342 Å². The van der Waals surface area contributed by atoms with Crippen LogP contribution in [0.25, 0.3) is 99.5 Å². The van der Waals surface area contributed by atoms with E-state index in [-0.39, 0.29) is 0 Å². The molecule has 0 bridgehead atoms. The van der Waals surface area contributed by atoms with E-state index in [1.807, 2.05) is 0 Å². The largest absolute Gasteiger partial charge is 0.455 e. The van der Waals surface area contributed by atoms with E-state index in [4.69, 9.17) is 8.83 Å². The summed E-state index contributed by atoms with van der Waals surface area (Å²) in [5.41, 5.74) is 31.5. The Bertz CT molecular complexity index is 5490. The SMILES string of the molecule is CC1(C)c2ccccc2-c2c1c1c(c3c2oc2ccccc23)-c2ccc(N(c3ccc4c(c3)C(c3ccccc3)(c3ccccc3)c3c5c(c6oc7ccccc7c6c3-4)-c3ccccc3C5(C)C)c3ccccc3-c3ccccc3)cc2C1(c1ccccc1)c1ccccc1. The van der Waals surface area contributed by atoms with Gasteiger partial charge in [0.15, 0.2) is 0 Å². The van der Waals surface area contributed by atoms with Crippen LogP contribution < -0.4 is 4.90 Å². The Morgan fingerprint density at radius 2 is 0.611 bits per heavy atom. The van der Waals surface area contributed by atoms with Gasteiger partial charge >= 0.3 is 0 Å². The summed E-state index contributed by atoms with van der Waals surface area (Å²) in [5.74, 6) is 0. The quantitative estimate of drug-likeness (QED) is 0.152. The van der Waals surface area contributed by atoms with Gasteiger partial charge in [0.1, 0.15) is 22.3 Å². The van der Waals surface area contributed by atoms with Gasteiger partial charge in [-0.25, -0.2) is 0 Å². The van der Waals surface area contributed by atoms with Crippen molar-refractivity contribution in [2.45, 2.75) is 49.4 Å². The van der Waals surface area contributed by atoms with Crippen molar-refractivity contribution < 1.29 is 8.83 Å². The maximum atomic E-state index is 7.32. The normalized spacial score (nSPS) is 15.1. The van der Waals surface area contributed by atoms with Crippen molar-refractivity contribution >= 4 is 60.9 Å². The highest BCUT2D eigenvalue weighted by Crippen LogP contribution is 2.69. The lowest BCUT2D eigenvalue weighted by molar-refractivity contribution is 0.630. The van der Waals surface area contributed by atoms with Crippen LogP contribution in [0.2, 0.25) is 0 Å². The first-order valence-electron chi connectivity index (χ1n) is 33.4. The Hall–Kier alpha value is -11.5. The second-order valence-corrected chi connectivity index (χ2v) is 27.6. The van der Waals surface area contributed by atoms with Crippen LogP contribution in [0.15, 0.2) is 318 Å². The van der Waals surface area contributed by atoms with E-state index < -0.39 is 21.7 Å². The molecular formula is C92H63NO2. The molecule has 0 spiro atoms. The molecule has 4 aliphatic carbocycles. The number of hydrogen-bond acceptors (Lipinski definition) is 3. The summed E-state index contributed by atoms with van der Waals surface area (Å²) in [6.45, 7) is 9.76. The molecule has 0 fully saturated rings. The van der Waals surface area contributed by atoms with Gasteiger partial charge in [0, 0.05) is 60.4 Å². The third-order valence-corrected chi connectivity index (χ3v) is 22.3. The third-order valence-electron chi connectivity index (χ3n) is 22.3. The highest BCUT2D eigenvalue weighted by Gasteiger charge is 2.56. The molecule has 0 N–H and O–H groups in total. The number of hydrogen-bond donors (Lipinski definition) is 0. The van der Waals surface area contributed by atoms with Gasteiger partial charge in [-0.2, -0.15) is 0 Å². The standard InChI is InChI=1S/C92H63NO2/c1-89(2)70-45-25-20-41-64(70)81-83(89)85-77(79-68-43-23-28-48-75(68)94-87(79)81)66-52-50-61(54-72(66)91(85,57-32-12-6-13-33-57)58-34-14-7-15-35-58)93(74-47-27-22-40-63(74)56-30-10-5-11-31-56)62-51-53-67-73(55-62)92(59-36-16-8-17-37-59,60-38-18-9-19-39-60)86-78(67)80-69-44-24-29-49-76(69)95-88(80)82-65-42-21-26-46-71(65)90(3,4)84(82)86/h5-55H,1-4H3. The second-order valence-electron chi connectivity index (χ2n) is 27.6. The molecule has 0 atom stereocenters. The Kier molecular flexibility index (Phi) is 11.1. The Morgan fingerprint density at radius 1 is 0.274 bits per heavy atom. The van der Waals surface area contributed by atoms with Gasteiger partial charge in [0.25, 0.3) is 0 Å². The summed E-state index contributed by atoms with van der Waals surface area (Å²) in [6.07, 6.45) is 0. The first-order valence-corrected chi connectivity index (χ1v) is 33.4. The maximum Gasteiger partial charge on any atom is 0.144 e. The molecule has 20 rings (SSSR count). The predicted molar refractivity (Wildman–Crippen MR) is 391 cm³/mol. The van der Waals surface area contributed by atoms with Crippen molar-refractivity contribution in [2.24, 2.45) is 0 Å². The molecule has 0 saturated carbocycles. The molecule has 0 amide bonds. The molecule has 14 aromatic carbocycles. The monoisotopic (exact) mass is 1210 g/mol. The van der Waals surface area contributed by atoms with Crippen LogP contribution in [0.5, 0.6) is 0 Å². The van der Waals surface area contributed by atoms with Gasteiger partial charge in [-0.1, -0.05) is 295 Å². The summed E-state index contributed by atoms with van der Waals surface area (Å²) < 4.78 is 14.6. The zero-order valence-corrected chi connectivity index (χ0v) is 53.2. The van der Waals surface area contributed by atoms with E-state index in [0.29, 0.717) is 0 Å². The van der Waals surface area contributed by atoms with Gasteiger partial charge in [-0.15, -0.1) is 0 Å². The van der Waals surface area contributed by atoms with E-state index in [1.54, 1.807) is 0 Å². The predicted octanol–water partition coefficient (Wildman–Crippen LogP) is 24.0. The van der Waals surface area contributed by atoms with Crippen LogP contribution in [-0.4, -0.2) is 0 Å². The summed E-state index contributed by atoms with van der Waals surface area (Å²) in [4.78, 5) is 2.58. The molecule has 0 aliphatic heterocycles. The topological polar surface area (TPSA) is 29.5 Å². The molecule has 95 heavy (non-hydrogen) atoms. The Labute approximate surface area is 552 Å². The van der Waals surface area contributed by atoms with Crippen molar-refractivity contribution in [1.29, 1.82) is 0 Å². The van der Waals surface area contributed by atoms with Crippen LogP contribution in [0.3, 0.4) is 0 Å². The first-order chi connectivity index (χ1) is 46.7. The van der Waals surface area contributed by atoms with E-state index in [1.165, 1.54) is 111 Å². The van der Waals surface area contributed by atoms with Crippen LogP contribution in [0.1, 0.15) is 94.5 Å². The molecule has 448 valence electrons. The van der Waals surface area contributed by atoms with Crippen molar-refractivity contribution in [3.8, 4) is 55.6 Å². The van der Waals surface area contributed by atoms with Gasteiger partial charge < -0.3 is 13.7 Å². The molecule has 3 heteroatoms. The number of furan rings is 2. The fourth-order valence-electron chi connectivity index (χ4n) is 18.6. The summed E-state index contributed by atoms with van der Waals surface area (Å²) >= 11 is 0. The molecule has 0 unspecified atom stereocenters. The number of para-hydroxylation sites is 3. The van der Waals surface area contributed by atoms with E-state index in [9.17, 15) is 0 Å². The molecule has 4 aliphatic rings. The highest BCUT2D eigenvalue weighted by molar-refractivity contribution is 6.23. The number of benzene rings is 14. The van der Waals surface area contributed by atoms with Crippen LogP contribution in [0, 0.1) is 0 Å². The molecule has 2 aromatic heterocycles. The zero-order valence-electron chi connectivity index (χ0n) is 53.2. The number of rotatable bonds is 8. The highest BCUT2D eigenvalue weighted by atomic mass is 16.3. The van der Waals surface area contributed by atoms with E-state index >= 15 is 0 Å². The molecule has 0 saturated heterocycles. The van der Waals surface area contributed by atoms with Gasteiger partial charge in [-0.05, 0) is 148 Å². The summed E-state index contributed by atoms with van der Waals surface area (Å²) in [5, 5.41) is 4.55. The lowest BCUT2D eigenvalue weighted by Crippen LogP contribution is -2.32.